The Kier molecular flexibility index (Phi) is 12.8. The molecule has 0 amide bonds. The minimum Gasteiger partial charge on any atom is -0.385 e. The number of nitrogens with one attached hydrogen (secondary N) is 2. The SMILES string of the molecule is CN=C(NCCN(C)CCCOC)NCc1ccc(S(N)(=O)=O)cc1.I. The van der Waals surface area contributed by atoms with Crippen molar-refractivity contribution in [3.05, 3.63) is 29.8 Å². The molecule has 150 valence electrons. The number of primary sulfonamides is 1. The molecule has 0 saturated carbocycles. The Morgan fingerprint density at radius 1 is 1.23 bits per heavy atom. The van der Waals surface area contributed by atoms with E-state index in [-0.39, 0.29) is 28.9 Å². The molecule has 0 atom stereocenters. The monoisotopic (exact) mass is 499 g/mol. The minimum atomic E-state index is -3.65. The van der Waals surface area contributed by atoms with Gasteiger partial charge in [-0.1, -0.05) is 12.1 Å². The standard InChI is InChI=1S/C16H29N5O3S.HI/c1-18-16(19-9-11-21(2)10-4-12-24-3)20-13-14-5-7-15(8-6-14)25(17,22)23;/h5-8H,4,9-13H2,1-3H3,(H2,17,22,23)(H2,18,19,20);1H. The summed E-state index contributed by atoms with van der Waals surface area (Å²) in [7, 11) is 1.83. The van der Waals surface area contributed by atoms with Crippen LogP contribution in [0.5, 0.6) is 0 Å². The summed E-state index contributed by atoms with van der Waals surface area (Å²) < 4.78 is 27.5. The molecule has 0 aliphatic rings. The second kappa shape index (κ2) is 13.3. The summed E-state index contributed by atoms with van der Waals surface area (Å²) in [6, 6.07) is 6.45. The van der Waals surface area contributed by atoms with Crippen LogP contribution in [0.2, 0.25) is 0 Å². The number of hydrogen-bond acceptors (Lipinski definition) is 5. The van der Waals surface area contributed by atoms with Gasteiger partial charge in [0.2, 0.25) is 10.0 Å². The summed E-state index contributed by atoms with van der Waals surface area (Å²) >= 11 is 0. The Bertz CT molecular complexity index is 638. The number of methoxy groups -OCH3 is 1. The fourth-order valence-corrected chi connectivity index (χ4v) is 2.67. The van der Waals surface area contributed by atoms with Crippen molar-refractivity contribution < 1.29 is 13.2 Å². The third kappa shape index (κ3) is 10.3. The van der Waals surface area contributed by atoms with Crippen LogP contribution in [0.1, 0.15) is 12.0 Å². The largest absolute Gasteiger partial charge is 0.385 e. The molecule has 26 heavy (non-hydrogen) atoms. The maximum absolute atomic E-state index is 11.2. The molecule has 0 aromatic heterocycles. The van der Waals surface area contributed by atoms with Gasteiger partial charge in [-0.3, -0.25) is 4.99 Å². The number of hydrogen-bond donors (Lipinski definition) is 3. The van der Waals surface area contributed by atoms with Gasteiger partial charge in [0.1, 0.15) is 0 Å². The quantitative estimate of drug-likeness (QED) is 0.188. The Balaban J connectivity index is 0.00000625. The summed E-state index contributed by atoms with van der Waals surface area (Å²) in [6.45, 7) is 3.96. The zero-order chi connectivity index (χ0) is 18.7. The molecule has 0 aliphatic heterocycles. The summed E-state index contributed by atoms with van der Waals surface area (Å²) in [5.41, 5.74) is 0.937. The van der Waals surface area contributed by atoms with Crippen LogP contribution in [-0.4, -0.2) is 66.7 Å². The smallest absolute Gasteiger partial charge is 0.238 e. The molecule has 0 unspecified atom stereocenters. The molecule has 0 heterocycles. The van der Waals surface area contributed by atoms with E-state index in [0.29, 0.717) is 12.5 Å². The van der Waals surface area contributed by atoms with Crippen LogP contribution >= 0.6 is 24.0 Å². The topological polar surface area (TPSA) is 109 Å². The summed E-state index contributed by atoms with van der Waals surface area (Å²) in [6.07, 6.45) is 1.01. The first-order chi connectivity index (χ1) is 11.9. The van der Waals surface area contributed by atoms with Crippen molar-refractivity contribution in [1.29, 1.82) is 0 Å². The van der Waals surface area contributed by atoms with E-state index in [9.17, 15) is 8.42 Å². The number of guanidine groups is 1. The Morgan fingerprint density at radius 2 is 1.88 bits per heavy atom. The van der Waals surface area contributed by atoms with Crippen molar-refractivity contribution in [2.75, 3.05) is 47.4 Å². The fraction of sp³-hybridized carbons (Fsp3) is 0.562. The molecule has 1 aromatic rings. The average molecular weight is 499 g/mol. The van der Waals surface area contributed by atoms with Crippen LogP contribution in [0, 0.1) is 0 Å². The number of ether oxygens (including phenoxy) is 1. The van der Waals surface area contributed by atoms with Crippen LogP contribution in [0.4, 0.5) is 0 Å². The van der Waals surface area contributed by atoms with E-state index in [0.717, 1.165) is 38.2 Å². The summed E-state index contributed by atoms with van der Waals surface area (Å²) in [4.78, 5) is 6.51. The van der Waals surface area contributed by atoms with Crippen molar-refractivity contribution in [2.45, 2.75) is 17.9 Å². The number of rotatable bonds is 10. The third-order valence-corrected chi connectivity index (χ3v) is 4.54. The first-order valence-corrected chi connectivity index (χ1v) is 9.65. The lowest BCUT2D eigenvalue weighted by molar-refractivity contribution is 0.180. The van der Waals surface area contributed by atoms with Gasteiger partial charge in [0.15, 0.2) is 5.96 Å². The van der Waals surface area contributed by atoms with E-state index in [4.69, 9.17) is 9.88 Å². The van der Waals surface area contributed by atoms with Crippen molar-refractivity contribution >= 4 is 40.0 Å². The zero-order valence-electron chi connectivity index (χ0n) is 15.6. The highest BCUT2D eigenvalue weighted by atomic mass is 127. The first kappa shape index (κ1) is 25.1. The van der Waals surface area contributed by atoms with Crippen molar-refractivity contribution in [3.8, 4) is 0 Å². The second-order valence-corrected chi connectivity index (χ2v) is 7.25. The maximum atomic E-state index is 11.2. The molecule has 0 aliphatic carbocycles. The average Bonchev–Trinajstić information content (AvgIpc) is 2.57. The van der Waals surface area contributed by atoms with E-state index in [1.54, 1.807) is 26.3 Å². The number of sulfonamides is 1. The van der Waals surface area contributed by atoms with Gasteiger partial charge < -0.3 is 20.3 Å². The molecule has 1 aromatic carbocycles. The second-order valence-electron chi connectivity index (χ2n) is 5.69. The highest BCUT2D eigenvalue weighted by Gasteiger charge is 2.07. The third-order valence-electron chi connectivity index (χ3n) is 3.61. The number of nitrogens with two attached hydrogens (primary N) is 1. The Morgan fingerprint density at radius 3 is 2.42 bits per heavy atom. The Hall–Kier alpha value is -0.950. The molecule has 0 spiro atoms. The summed E-state index contributed by atoms with van der Waals surface area (Å²) in [5, 5.41) is 11.5. The van der Waals surface area contributed by atoms with Gasteiger partial charge in [-0.25, -0.2) is 13.6 Å². The molecule has 0 bridgehead atoms. The number of benzene rings is 1. The van der Waals surface area contributed by atoms with Crippen LogP contribution in [0.25, 0.3) is 0 Å². The lowest BCUT2D eigenvalue weighted by Gasteiger charge is -2.18. The highest BCUT2D eigenvalue weighted by Crippen LogP contribution is 2.08. The predicted molar refractivity (Wildman–Crippen MR) is 115 cm³/mol. The van der Waals surface area contributed by atoms with Crippen LogP contribution in [-0.2, 0) is 21.3 Å². The zero-order valence-corrected chi connectivity index (χ0v) is 18.7. The van der Waals surface area contributed by atoms with Gasteiger partial charge in [-0.15, -0.1) is 24.0 Å². The van der Waals surface area contributed by atoms with E-state index >= 15 is 0 Å². The molecule has 4 N–H and O–H groups in total. The van der Waals surface area contributed by atoms with Crippen molar-refractivity contribution in [2.24, 2.45) is 10.1 Å². The van der Waals surface area contributed by atoms with Gasteiger partial charge in [0.25, 0.3) is 0 Å². The molecule has 0 saturated heterocycles. The number of halogens is 1. The number of aliphatic imine (C=N–C) groups is 1. The van der Waals surface area contributed by atoms with E-state index < -0.39 is 10.0 Å². The molecule has 10 heteroatoms. The number of nitrogens with zero attached hydrogens (tertiary/aromatic N) is 2. The van der Waals surface area contributed by atoms with Gasteiger partial charge in [0.05, 0.1) is 4.90 Å². The minimum absolute atomic E-state index is 0. The Labute approximate surface area is 173 Å². The van der Waals surface area contributed by atoms with Crippen LogP contribution < -0.4 is 15.8 Å². The highest BCUT2D eigenvalue weighted by molar-refractivity contribution is 14.0. The van der Waals surface area contributed by atoms with Crippen molar-refractivity contribution in [3.63, 3.8) is 0 Å². The first-order valence-electron chi connectivity index (χ1n) is 8.10. The van der Waals surface area contributed by atoms with E-state index in [1.807, 2.05) is 0 Å². The predicted octanol–water partition coefficient (Wildman–Crippen LogP) is 0.585. The normalized spacial score (nSPS) is 12.0. The van der Waals surface area contributed by atoms with Crippen molar-refractivity contribution in [1.82, 2.24) is 15.5 Å². The fourth-order valence-electron chi connectivity index (χ4n) is 2.16. The molecular weight excluding hydrogens is 469 g/mol. The van der Waals surface area contributed by atoms with Gasteiger partial charge in [-0.2, -0.15) is 0 Å². The van der Waals surface area contributed by atoms with Crippen LogP contribution in [0.15, 0.2) is 34.2 Å². The van der Waals surface area contributed by atoms with Gasteiger partial charge in [-0.05, 0) is 31.2 Å². The maximum Gasteiger partial charge on any atom is 0.238 e. The summed E-state index contributed by atoms with van der Waals surface area (Å²) in [5.74, 6) is 0.695. The lowest BCUT2D eigenvalue weighted by atomic mass is 10.2. The van der Waals surface area contributed by atoms with Gasteiger partial charge in [0, 0.05) is 46.9 Å². The molecule has 0 radical (unpaired) electrons. The molecule has 1 rings (SSSR count). The molecular formula is C16H30IN5O3S. The van der Waals surface area contributed by atoms with E-state index in [1.165, 1.54) is 12.1 Å². The van der Waals surface area contributed by atoms with E-state index in [2.05, 4.69) is 27.6 Å². The van der Waals surface area contributed by atoms with Crippen LogP contribution in [0.3, 0.4) is 0 Å². The molecule has 8 nitrogen and oxygen atoms in total. The number of likely N-dealkylation sites (N-methyl/N-ethyl adjacent to an activating group) is 1. The van der Waals surface area contributed by atoms with Gasteiger partial charge >= 0.3 is 0 Å². The molecule has 0 fully saturated rings. The lowest BCUT2D eigenvalue weighted by Crippen LogP contribution is -2.40.